The van der Waals surface area contributed by atoms with Gasteiger partial charge in [0.2, 0.25) is 10.0 Å². The number of nitrogen functional groups attached to an aromatic ring is 1. The van der Waals surface area contributed by atoms with Crippen LogP contribution in [0.4, 0.5) is 11.4 Å². The number of hydrogen-bond donors (Lipinski definition) is 3. The minimum Gasteiger partial charge on any atom is -0.397 e. The molecule has 6 nitrogen and oxygen atoms in total. The van der Waals surface area contributed by atoms with Gasteiger partial charge in [-0.2, -0.15) is 0 Å². The molecule has 0 aliphatic heterocycles. The molecule has 0 aliphatic rings. The summed E-state index contributed by atoms with van der Waals surface area (Å²) in [6.07, 6.45) is 2.66. The van der Waals surface area contributed by atoms with Crippen molar-refractivity contribution in [1.29, 1.82) is 0 Å². The van der Waals surface area contributed by atoms with Crippen molar-refractivity contribution in [2.24, 2.45) is 0 Å². The van der Waals surface area contributed by atoms with Crippen LogP contribution in [-0.2, 0) is 10.0 Å². The molecule has 0 aromatic heterocycles. The molecule has 0 atom stereocenters. The highest BCUT2D eigenvalue weighted by Gasteiger charge is 2.17. The molecule has 0 radical (unpaired) electrons. The van der Waals surface area contributed by atoms with Gasteiger partial charge in [0.1, 0.15) is 0 Å². The number of benzene rings is 1. The minimum absolute atomic E-state index is 0.186. The first kappa shape index (κ1) is 16.7. The number of anilines is 2. The highest BCUT2D eigenvalue weighted by atomic mass is 32.2. The van der Waals surface area contributed by atoms with Gasteiger partial charge in [-0.1, -0.05) is 0 Å². The van der Waals surface area contributed by atoms with Gasteiger partial charge in [-0.25, -0.2) is 12.7 Å². The molecule has 1 aromatic carbocycles. The third kappa shape index (κ3) is 4.36. The van der Waals surface area contributed by atoms with Crippen LogP contribution >= 0.6 is 0 Å². The number of sulfonamides is 1. The second-order valence-corrected chi connectivity index (χ2v) is 6.90. The zero-order valence-electron chi connectivity index (χ0n) is 12.0. The second kappa shape index (κ2) is 7.47. The van der Waals surface area contributed by atoms with Crippen molar-refractivity contribution >= 4 is 21.4 Å². The molecule has 0 aliphatic carbocycles. The summed E-state index contributed by atoms with van der Waals surface area (Å²) in [5, 5.41) is 11.8. The number of aliphatic hydroxyl groups excluding tert-OH is 1. The van der Waals surface area contributed by atoms with Gasteiger partial charge in [-0.15, -0.1) is 0 Å². The third-order valence-corrected chi connectivity index (χ3v) is 4.76. The van der Waals surface area contributed by atoms with Crippen molar-refractivity contribution in [3.63, 3.8) is 0 Å². The van der Waals surface area contributed by atoms with Crippen LogP contribution in [0, 0.1) is 0 Å². The highest BCUT2D eigenvalue weighted by molar-refractivity contribution is 7.89. The Morgan fingerprint density at radius 2 is 1.95 bits per heavy atom. The van der Waals surface area contributed by atoms with E-state index in [9.17, 15) is 8.42 Å². The van der Waals surface area contributed by atoms with Crippen molar-refractivity contribution in [2.45, 2.75) is 24.2 Å². The molecule has 114 valence electrons. The van der Waals surface area contributed by atoms with E-state index in [-0.39, 0.29) is 11.5 Å². The molecule has 1 rings (SSSR count). The molecule has 0 bridgehead atoms. The average molecular weight is 301 g/mol. The Balaban J connectivity index is 2.69. The summed E-state index contributed by atoms with van der Waals surface area (Å²) in [4.78, 5) is 0.186. The Morgan fingerprint density at radius 3 is 2.50 bits per heavy atom. The lowest BCUT2D eigenvalue weighted by atomic mass is 10.2. The Hall–Kier alpha value is -1.31. The van der Waals surface area contributed by atoms with Gasteiger partial charge in [0.25, 0.3) is 0 Å². The Kier molecular flexibility index (Phi) is 6.25. The summed E-state index contributed by atoms with van der Waals surface area (Å²) >= 11 is 0. The maximum atomic E-state index is 12.0. The zero-order chi connectivity index (χ0) is 15.2. The molecule has 0 amide bonds. The van der Waals surface area contributed by atoms with Crippen LogP contribution in [0.2, 0.25) is 0 Å². The summed E-state index contributed by atoms with van der Waals surface area (Å²) in [6, 6.07) is 4.69. The fourth-order valence-corrected chi connectivity index (χ4v) is 2.65. The van der Waals surface area contributed by atoms with Crippen LogP contribution in [0.15, 0.2) is 23.1 Å². The van der Waals surface area contributed by atoms with Gasteiger partial charge >= 0.3 is 0 Å². The molecule has 20 heavy (non-hydrogen) atoms. The zero-order valence-corrected chi connectivity index (χ0v) is 12.8. The van der Waals surface area contributed by atoms with Crippen LogP contribution in [0.1, 0.15) is 19.3 Å². The molecule has 7 heteroatoms. The number of nitrogens with zero attached hydrogens (tertiary/aromatic N) is 1. The lowest BCUT2D eigenvalue weighted by Gasteiger charge is -2.14. The van der Waals surface area contributed by atoms with E-state index in [1.165, 1.54) is 20.2 Å². The first-order valence-electron chi connectivity index (χ1n) is 6.56. The first-order valence-corrected chi connectivity index (χ1v) is 8.00. The molecular weight excluding hydrogens is 278 g/mol. The van der Waals surface area contributed by atoms with Gasteiger partial charge in [0.15, 0.2) is 0 Å². The topological polar surface area (TPSA) is 95.7 Å². The van der Waals surface area contributed by atoms with Crippen LogP contribution in [0.25, 0.3) is 0 Å². The smallest absolute Gasteiger partial charge is 0.242 e. The summed E-state index contributed by atoms with van der Waals surface area (Å²) in [5.74, 6) is 0. The molecule has 0 spiro atoms. The van der Waals surface area contributed by atoms with E-state index in [0.717, 1.165) is 35.8 Å². The number of rotatable bonds is 8. The van der Waals surface area contributed by atoms with Gasteiger partial charge < -0.3 is 16.2 Å². The molecule has 4 N–H and O–H groups in total. The Bertz CT molecular complexity index is 530. The molecule has 0 fully saturated rings. The number of nitrogens with one attached hydrogen (secondary N) is 1. The molecular formula is C13H23N3O3S. The monoisotopic (exact) mass is 301 g/mol. The fraction of sp³-hybridized carbons (Fsp3) is 0.538. The van der Waals surface area contributed by atoms with Crippen molar-refractivity contribution in [1.82, 2.24) is 4.31 Å². The van der Waals surface area contributed by atoms with E-state index in [2.05, 4.69) is 5.32 Å². The van der Waals surface area contributed by atoms with Crippen molar-refractivity contribution < 1.29 is 13.5 Å². The van der Waals surface area contributed by atoms with Crippen molar-refractivity contribution in [3.05, 3.63) is 18.2 Å². The number of aliphatic hydroxyl groups is 1. The van der Waals surface area contributed by atoms with Crippen molar-refractivity contribution in [2.75, 3.05) is 38.3 Å². The summed E-state index contributed by atoms with van der Waals surface area (Å²) < 4.78 is 25.1. The van der Waals surface area contributed by atoms with Crippen LogP contribution in [0.3, 0.4) is 0 Å². The molecule has 0 heterocycles. The Morgan fingerprint density at radius 1 is 1.25 bits per heavy atom. The number of nitrogens with two attached hydrogens (primary N) is 1. The number of unbranched alkanes of at least 4 members (excludes halogenated alkanes) is 2. The second-order valence-electron chi connectivity index (χ2n) is 4.75. The van der Waals surface area contributed by atoms with Gasteiger partial charge in [0, 0.05) is 27.2 Å². The lowest BCUT2D eigenvalue weighted by Crippen LogP contribution is -2.22. The third-order valence-electron chi connectivity index (χ3n) is 2.95. The van der Waals surface area contributed by atoms with Gasteiger partial charge in [-0.05, 0) is 37.5 Å². The Labute approximate surface area is 120 Å². The van der Waals surface area contributed by atoms with E-state index < -0.39 is 10.0 Å². The summed E-state index contributed by atoms with van der Waals surface area (Å²) in [7, 11) is -0.481. The van der Waals surface area contributed by atoms with Gasteiger partial charge in [0.05, 0.1) is 16.3 Å². The average Bonchev–Trinajstić information content (AvgIpc) is 2.39. The van der Waals surface area contributed by atoms with Crippen LogP contribution in [0.5, 0.6) is 0 Å². The first-order chi connectivity index (χ1) is 9.39. The standard InChI is InChI=1S/C13H23N3O3S/c1-16(2)20(18,19)11-6-7-13(12(14)10-11)15-8-4-3-5-9-17/h6-7,10,15,17H,3-5,8-9,14H2,1-2H3. The largest absolute Gasteiger partial charge is 0.397 e. The minimum atomic E-state index is -3.45. The van der Waals surface area contributed by atoms with Gasteiger partial charge in [-0.3, -0.25) is 0 Å². The van der Waals surface area contributed by atoms with E-state index >= 15 is 0 Å². The summed E-state index contributed by atoms with van der Waals surface area (Å²) in [5.41, 5.74) is 7.01. The molecule has 0 saturated carbocycles. The molecule has 0 saturated heterocycles. The maximum Gasteiger partial charge on any atom is 0.242 e. The number of hydrogen-bond acceptors (Lipinski definition) is 5. The summed E-state index contributed by atoms with van der Waals surface area (Å²) in [6.45, 7) is 0.948. The van der Waals surface area contributed by atoms with Crippen molar-refractivity contribution in [3.8, 4) is 0 Å². The molecule has 1 aromatic rings. The molecule has 0 unspecified atom stereocenters. The predicted molar refractivity (Wildman–Crippen MR) is 81.2 cm³/mol. The van der Waals surface area contributed by atoms with Crippen LogP contribution < -0.4 is 11.1 Å². The predicted octanol–water partition coefficient (Wildman–Crippen LogP) is 1.09. The van der Waals surface area contributed by atoms with E-state index in [1.807, 2.05) is 0 Å². The van der Waals surface area contributed by atoms with E-state index in [0.29, 0.717) is 5.69 Å². The van der Waals surface area contributed by atoms with E-state index in [1.54, 1.807) is 12.1 Å². The fourth-order valence-electron chi connectivity index (χ4n) is 1.71. The quantitative estimate of drug-likeness (QED) is 0.493. The van der Waals surface area contributed by atoms with E-state index in [4.69, 9.17) is 10.8 Å². The SMILES string of the molecule is CN(C)S(=O)(=O)c1ccc(NCCCCCO)c(N)c1. The van der Waals surface area contributed by atoms with Crippen LogP contribution in [-0.4, -0.2) is 45.1 Å². The normalized spacial score (nSPS) is 11.8. The lowest BCUT2D eigenvalue weighted by molar-refractivity contribution is 0.283. The maximum absolute atomic E-state index is 12.0. The highest BCUT2D eigenvalue weighted by Crippen LogP contribution is 2.24.